The Labute approximate surface area is 185 Å². The predicted molar refractivity (Wildman–Crippen MR) is 128 cm³/mol. The smallest absolute Gasteiger partial charge is 0.193 e. The van der Waals surface area contributed by atoms with Crippen LogP contribution in [0.2, 0.25) is 0 Å². The van der Waals surface area contributed by atoms with E-state index in [-0.39, 0.29) is 11.0 Å². The molecule has 0 spiro atoms. The Hall–Kier alpha value is -3.56. The van der Waals surface area contributed by atoms with E-state index < -0.39 is 0 Å². The van der Waals surface area contributed by atoms with Crippen molar-refractivity contribution in [3.05, 3.63) is 125 Å². The highest BCUT2D eigenvalue weighted by atomic mass is 32.2. The van der Waals surface area contributed by atoms with Gasteiger partial charge in [-0.1, -0.05) is 84.9 Å². The fraction of sp³-hybridized carbons (Fsp3) is 0.0357. The van der Waals surface area contributed by atoms with Crippen molar-refractivity contribution < 1.29 is 4.79 Å². The maximum absolute atomic E-state index is 13.6. The summed E-state index contributed by atoms with van der Waals surface area (Å²) in [5, 5.41) is 3.50. The monoisotopic (exact) mass is 417 g/mol. The van der Waals surface area contributed by atoms with Gasteiger partial charge in [0.2, 0.25) is 0 Å². The van der Waals surface area contributed by atoms with E-state index in [0.29, 0.717) is 0 Å². The molecule has 0 saturated heterocycles. The third-order valence-electron chi connectivity index (χ3n) is 5.91. The van der Waals surface area contributed by atoms with E-state index in [4.69, 9.17) is 0 Å². The Morgan fingerprint density at radius 2 is 1.39 bits per heavy atom. The number of Topliss-reactive ketones (excluding diaryl/α,β-unsaturated/α-hetero) is 1. The van der Waals surface area contributed by atoms with E-state index in [1.165, 1.54) is 5.56 Å². The van der Waals surface area contributed by atoms with Crippen molar-refractivity contribution in [2.45, 2.75) is 10.1 Å². The van der Waals surface area contributed by atoms with Gasteiger partial charge in [0, 0.05) is 21.6 Å². The molecular formula is C28H19NOS. The van der Waals surface area contributed by atoms with Gasteiger partial charge in [0.05, 0.1) is 16.6 Å². The molecule has 1 aliphatic heterocycles. The summed E-state index contributed by atoms with van der Waals surface area (Å²) in [6.45, 7) is 0. The third-order valence-corrected chi connectivity index (χ3v) is 7.26. The Morgan fingerprint density at radius 3 is 2.26 bits per heavy atom. The van der Waals surface area contributed by atoms with Gasteiger partial charge in [-0.3, -0.25) is 4.79 Å². The molecule has 1 N–H and O–H groups in total. The van der Waals surface area contributed by atoms with Crippen LogP contribution in [0.1, 0.15) is 26.7 Å². The number of ketones is 1. The normalized spacial score (nSPS) is 16.8. The Kier molecular flexibility index (Phi) is 4.29. The van der Waals surface area contributed by atoms with Crippen LogP contribution in [0.25, 0.3) is 16.8 Å². The van der Waals surface area contributed by atoms with Crippen LogP contribution >= 0.6 is 11.8 Å². The highest BCUT2D eigenvalue weighted by Crippen LogP contribution is 2.52. The molecule has 2 aliphatic rings. The van der Waals surface area contributed by atoms with Crippen molar-refractivity contribution in [3.63, 3.8) is 0 Å². The van der Waals surface area contributed by atoms with Gasteiger partial charge in [-0.25, -0.2) is 0 Å². The summed E-state index contributed by atoms with van der Waals surface area (Å²) >= 11 is 1.74. The van der Waals surface area contributed by atoms with Gasteiger partial charge in [0.1, 0.15) is 0 Å². The number of nitrogens with one attached hydrogen (secondary N) is 1. The lowest BCUT2D eigenvalue weighted by molar-refractivity contribution is 0.103. The molecule has 1 unspecified atom stereocenters. The molecule has 0 aromatic heterocycles. The Balaban J connectivity index is 1.54. The molecule has 1 atom stereocenters. The predicted octanol–water partition coefficient (Wildman–Crippen LogP) is 7.22. The first-order chi connectivity index (χ1) is 15.3. The number of fused-ring (bicyclic) bond motifs is 3. The molecule has 31 heavy (non-hydrogen) atoms. The van der Waals surface area contributed by atoms with Crippen molar-refractivity contribution >= 4 is 28.9 Å². The largest absolute Gasteiger partial charge is 0.354 e. The molecule has 4 aromatic carbocycles. The number of anilines is 1. The van der Waals surface area contributed by atoms with Gasteiger partial charge in [-0.15, -0.1) is 11.8 Å². The molecule has 148 valence electrons. The second-order valence-corrected chi connectivity index (χ2v) is 8.92. The zero-order valence-corrected chi connectivity index (χ0v) is 17.5. The van der Waals surface area contributed by atoms with Crippen molar-refractivity contribution in [3.8, 4) is 11.1 Å². The number of carbonyl (C=O) groups is 1. The maximum Gasteiger partial charge on any atom is 0.193 e. The molecule has 3 heteroatoms. The maximum atomic E-state index is 13.6. The van der Waals surface area contributed by atoms with Gasteiger partial charge < -0.3 is 5.32 Å². The van der Waals surface area contributed by atoms with Gasteiger partial charge in [-0.05, 0) is 34.9 Å². The van der Waals surface area contributed by atoms with E-state index >= 15 is 0 Å². The summed E-state index contributed by atoms with van der Waals surface area (Å²) < 4.78 is 0. The second-order valence-electron chi connectivity index (χ2n) is 7.77. The minimum atomic E-state index is -0.0882. The average Bonchev–Trinajstić information content (AvgIpc) is 3.00. The lowest BCUT2D eigenvalue weighted by Gasteiger charge is -2.18. The Morgan fingerprint density at radius 1 is 0.677 bits per heavy atom. The second kappa shape index (κ2) is 7.29. The molecule has 6 rings (SSSR count). The van der Waals surface area contributed by atoms with Gasteiger partial charge in [0.15, 0.2) is 5.78 Å². The quantitative estimate of drug-likeness (QED) is 0.373. The topological polar surface area (TPSA) is 29.1 Å². The summed E-state index contributed by atoms with van der Waals surface area (Å²) in [6, 6.07) is 35.2. The third kappa shape index (κ3) is 3.01. The van der Waals surface area contributed by atoms with Crippen LogP contribution < -0.4 is 5.32 Å². The minimum absolute atomic E-state index is 0.0882. The number of carbonyl (C=O) groups excluding carboxylic acids is 1. The SMILES string of the molecule is O=C1C2=C(Nc3ccccc3SC2c2cccc(-c3ccccc3)c2)c2ccccc21. The van der Waals surface area contributed by atoms with Crippen molar-refractivity contribution in [1.29, 1.82) is 0 Å². The summed E-state index contributed by atoms with van der Waals surface area (Å²) in [5.74, 6) is 0.119. The summed E-state index contributed by atoms with van der Waals surface area (Å²) in [6.07, 6.45) is 0. The highest BCUT2D eigenvalue weighted by molar-refractivity contribution is 8.00. The van der Waals surface area contributed by atoms with E-state index in [1.54, 1.807) is 11.8 Å². The number of benzene rings is 4. The average molecular weight is 418 g/mol. The van der Waals surface area contributed by atoms with Crippen LogP contribution in [-0.4, -0.2) is 5.78 Å². The number of para-hydroxylation sites is 1. The fourth-order valence-electron chi connectivity index (χ4n) is 4.43. The molecule has 0 fully saturated rings. The van der Waals surface area contributed by atoms with Crippen LogP contribution in [0.15, 0.2) is 114 Å². The first kappa shape index (κ1) is 18.2. The van der Waals surface area contributed by atoms with Crippen LogP contribution in [-0.2, 0) is 0 Å². The number of hydrogen-bond donors (Lipinski definition) is 1. The molecule has 1 aliphatic carbocycles. The summed E-state index contributed by atoms with van der Waals surface area (Å²) in [4.78, 5) is 14.7. The van der Waals surface area contributed by atoms with Crippen LogP contribution in [0.3, 0.4) is 0 Å². The molecule has 0 saturated carbocycles. The highest BCUT2D eigenvalue weighted by Gasteiger charge is 2.38. The van der Waals surface area contributed by atoms with E-state index in [9.17, 15) is 4.79 Å². The Bertz CT molecular complexity index is 1360. The van der Waals surface area contributed by atoms with Crippen molar-refractivity contribution in [2.24, 2.45) is 0 Å². The molecule has 4 aromatic rings. The zero-order chi connectivity index (χ0) is 20.8. The molecule has 1 heterocycles. The molecule has 0 amide bonds. The number of thioether (sulfide) groups is 1. The summed E-state index contributed by atoms with van der Waals surface area (Å²) in [5.41, 5.74) is 8.07. The zero-order valence-electron chi connectivity index (χ0n) is 16.7. The van der Waals surface area contributed by atoms with E-state index in [1.807, 2.05) is 36.4 Å². The van der Waals surface area contributed by atoms with Gasteiger partial charge >= 0.3 is 0 Å². The minimum Gasteiger partial charge on any atom is -0.354 e. The molecular weight excluding hydrogens is 398 g/mol. The fourth-order valence-corrected chi connectivity index (χ4v) is 5.71. The molecule has 0 bridgehead atoms. The van der Waals surface area contributed by atoms with Crippen molar-refractivity contribution in [2.75, 3.05) is 5.32 Å². The lowest BCUT2D eigenvalue weighted by atomic mass is 9.97. The van der Waals surface area contributed by atoms with Crippen LogP contribution in [0, 0.1) is 0 Å². The number of rotatable bonds is 2. The van der Waals surface area contributed by atoms with Crippen LogP contribution in [0.4, 0.5) is 5.69 Å². The van der Waals surface area contributed by atoms with Crippen LogP contribution in [0.5, 0.6) is 0 Å². The van der Waals surface area contributed by atoms with Crippen molar-refractivity contribution in [1.82, 2.24) is 0 Å². The first-order valence-corrected chi connectivity index (χ1v) is 11.2. The summed E-state index contributed by atoms with van der Waals surface area (Å²) in [7, 11) is 0. The number of hydrogen-bond acceptors (Lipinski definition) is 3. The van der Waals surface area contributed by atoms with E-state index in [2.05, 4.69) is 72.0 Å². The molecule has 0 radical (unpaired) electrons. The standard InChI is InChI=1S/C28H19NOS/c30-27-22-14-5-4-13-21(22)26-25(27)28(31-24-16-7-6-15-23(24)29-26)20-12-8-11-19(17-20)18-9-2-1-3-10-18/h1-17,28-29H. The lowest BCUT2D eigenvalue weighted by Crippen LogP contribution is -2.07. The first-order valence-electron chi connectivity index (χ1n) is 10.4. The van der Waals surface area contributed by atoms with Gasteiger partial charge in [0.25, 0.3) is 0 Å². The molecule has 2 nitrogen and oxygen atoms in total. The van der Waals surface area contributed by atoms with Gasteiger partial charge in [-0.2, -0.15) is 0 Å². The van der Waals surface area contributed by atoms with E-state index in [0.717, 1.165) is 44.1 Å².